The van der Waals surface area contributed by atoms with Crippen LogP contribution in [0.5, 0.6) is 0 Å². The standard InChI is InChI=1S/C20H17NO4S/c1-15(22)17-11-12-21(14-16-7-3-2-4-8-16)19(13-17)18-9-5-6-10-20(18)26(23,24)25/h2-13H,14H2,1H3. The Hall–Kier alpha value is -2.83. The van der Waals surface area contributed by atoms with E-state index in [0.717, 1.165) is 5.56 Å². The van der Waals surface area contributed by atoms with Gasteiger partial charge in [-0.15, -0.1) is 0 Å². The van der Waals surface area contributed by atoms with E-state index in [1.807, 2.05) is 34.9 Å². The van der Waals surface area contributed by atoms with E-state index in [4.69, 9.17) is 0 Å². The molecule has 0 aliphatic rings. The van der Waals surface area contributed by atoms with E-state index in [-0.39, 0.29) is 16.2 Å². The first-order chi connectivity index (χ1) is 12.4. The molecule has 6 heteroatoms. The third-order valence-corrected chi connectivity index (χ3v) is 4.96. The molecule has 3 rings (SSSR count). The van der Waals surface area contributed by atoms with Crippen LogP contribution in [0.4, 0.5) is 0 Å². The van der Waals surface area contributed by atoms with Crippen LogP contribution in [0.15, 0.2) is 77.8 Å². The van der Waals surface area contributed by atoms with E-state index >= 15 is 0 Å². The second kappa shape index (κ2) is 7.19. The van der Waals surface area contributed by atoms with Gasteiger partial charge in [-0.25, -0.2) is 8.42 Å². The number of benzene rings is 2. The monoisotopic (exact) mass is 367 g/mol. The lowest BCUT2D eigenvalue weighted by atomic mass is 10.1. The van der Waals surface area contributed by atoms with Crippen LogP contribution < -0.4 is 4.57 Å². The highest BCUT2D eigenvalue weighted by atomic mass is 32.2. The van der Waals surface area contributed by atoms with E-state index in [9.17, 15) is 17.8 Å². The van der Waals surface area contributed by atoms with Crippen LogP contribution in [-0.2, 0) is 16.7 Å². The number of carbonyl (C=O) groups is 1. The topological polar surface area (TPSA) is 78.1 Å². The van der Waals surface area contributed by atoms with Gasteiger partial charge in [0.1, 0.15) is 10.1 Å². The first-order valence-corrected chi connectivity index (χ1v) is 9.41. The van der Waals surface area contributed by atoms with Crippen LogP contribution in [0.25, 0.3) is 11.3 Å². The molecule has 0 amide bonds. The van der Waals surface area contributed by atoms with Crippen LogP contribution in [0.3, 0.4) is 0 Å². The van der Waals surface area contributed by atoms with Gasteiger partial charge in [0.25, 0.3) is 0 Å². The molecule has 5 nitrogen and oxygen atoms in total. The van der Waals surface area contributed by atoms with Gasteiger partial charge in [0.05, 0.1) is 10.5 Å². The zero-order chi connectivity index (χ0) is 18.7. The van der Waals surface area contributed by atoms with Crippen LogP contribution in [-0.4, -0.2) is 18.8 Å². The van der Waals surface area contributed by atoms with Gasteiger partial charge >= 0.3 is 0 Å². The number of hydrogen-bond donors (Lipinski definition) is 0. The van der Waals surface area contributed by atoms with Crippen molar-refractivity contribution < 1.29 is 22.3 Å². The summed E-state index contributed by atoms with van der Waals surface area (Å²) in [5.41, 5.74) is 2.23. The van der Waals surface area contributed by atoms with Crippen molar-refractivity contribution in [3.63, 3.8) is 0 Å². The minimum absolute atomic E-state index is 0.138. The molecular weight excluding hydrogens is 350 g/mol. The van der Waals surface area contributed by atoms with Crippen molar-refractivity contribution >= 4 is 15.9 Å². The van der Waals surface area contributed by atoms with Crippen molar-refractivity contribution in [1.29, 1.82) is 0 Å². The molecule has 0 fully saturated rings. The summed E-state index contributed by atoms with van der Waals surface area (Å²) in [6, 6.07) is 19.0. The lowest BCUT2D eigenvalue weighted by molar-refractivity contribution is -0.677. The second-order valence-corrected chi connectivity index (χ2v) is 7.27. The van der Waals surface area contributed by atoms with Crippen molar-refractivity contribution in [2.75, 3.05) is 0 Å². The van der Waals surface area contributed by atoms with Gasteiger partial charge in [-0.05, 0) is 19.1 Å². The number of carbonyl (C=O) groups excluding carboxylic acids is 1. The molecule has 0 spiro atoms. The van der Waals surface area contributed by atoms with Gasteiger partial charge in [-0.2, -0.15) is 4.57 Å². The Bertz CT molecular complexity index is 1060. The average molecular weight is 367 g/mol. The molecule has 1 aromatic heterocycles. The first kappa shape index (κ1) is 18.0. The molecule has 0 aliphatic carbocycles. The van der Waals surface area contributed by atoms with Gasteiger partial charge in [0, 0.05) is 23.3 Å². The fourth-order valence-electron chi connectivity index (χ4n) is 2.79. The Kier molecular flexibility index (Phi) is 4.97. The van der Waals surface area contributed by atoms with Crippen molar-refractivity contribution in [3.05, 3.63) is 84.1 Å². The van der Waals surface area contributed by atoms with E-state index in [1.54, 1.807) is 30.5 Å². The summed E-state index contributed by atoms with van der Waals surface area (Å²) in [5, 5.41) is 0. The molecule has 132 valence electrons. The summed E-state index contributed by atoms with van der Waals surface area (Å²) in [5.74, 6) is -0.138. The van der Waals surface area contributed by atoms with Gasteiger partial charge in [0.15, 0.2) is 18.5 Å². The summed E-state index contributed by atoms with van der Waals surface area (Å²) in [6.07, 6.45) is 1.73. The van der Waals surface area contributed by atoms with Crippen molar-refractivity contribution in [1.82, 2.24) is 0 Å². The maximum atomic E-state index is 11.8. The minimum atomic E-state index is -4.65. The fraction of sp³-hybridized carbons (Fsp3) is 0.100. The molecule has 3 aromatic rings. The van der Waals surface area contributed by atoms with Crippen molar-refractivity contribution in [3.8, 4) is 11.3 Å². The molecule has 0 aliphatic heterocycles. The molecule has 0 saturated carbocycles. The Morgan fingerprint density at radius 3 is 2.31 bits per heavy atom. The van der Waals surface area contributed by atoms with E-state index in [2.05, 4.69) is 0 Å². The van der Waals surface area contributed by atoms with E-state index < -0.39 is 10.1 Å². The van der Waals surface area contributed by atoms with Crippen molar-refractivity contribution in [2.24, 2.45) is 0 Å². The molecule has 0 unspecified atom stereocenters. The number of rotatable bonds is 5. The average Bonchev–Trinajstić information content (AvgIpc) is 2.62. The maximum Gasteiger partial charge on any atom is 0.214 e. The predicted molar refractivity (Wildman–Crippen MR) is 95.6 cm³/mol. The van der Waals surface area contributed by atoms with Crippen molar-refractivity contribution in [2.45, 2.75) is 18.4 Å². The van der Waals surface area contributed by atoms with E-state index in [1.165, 1.54) is 19.1 Å². The van der Waals surface area contributed by atoms with Gasteiger partial charge in [0.2, 0.25) is 5.69 Å². The summed E-state index contributed by atoms with van der Waals surface area (Å²) in [6.45, 7) is 1.92. The SMILES string of the molecule is CC(=O)c1cc[n+](Cc2ccccc2)c(-c2ccccc2S(=O)(=O)[O-])c1. The van der Waals surface area contributed by atoms with Crippen LogP contribution in [0, 0.1) is 0 Å². The quantitative estimate of drug-likeness (QED) is 0.395. The largest absolute Gasteiger partial charge is 0.744 e. The van der Waals surface area contributed by atoms with Gasteiger partial charge < -0.3 is 4.55 Å². The Morgan fingerprint density at radius 1 is 1.00 bits per heavy atom. The van der Waals surface area contributed by atoms with Crippen LogP contribution >= 0.6 is 0 Å². The number of Topliss-reactive ketones (excluding diaryl/α,β-unsaturated/α-hetero) is 1. The third-order valence-electron chi connectivity index (χ3n) is 4.07. The number of ketones is 1. The minimum Gasteiger partial charge on any atom is -0.744 e. The number of aromatic nitrogens is 1. The second-order valence-electron chi connectivity index (χ2n) is 5.92. The third kappa shape index (κ3) is 3.87. The van der Waals surface area contributed by atoms with Gasteiger partial charge in [-0.3, -0.25) is 4.79 Å². The molecule has 0 bridgehead atoms. The lowest BCUT2D eigenvalue weighted by Gasteiger charge is -2.13. The Labute approximate surface area is 152 Å². The molecule has 26 heavy (non-hydrogen) atoms. The number of hydrogen-bond acceptors (Lipinski definition) is 4. The summed E-state index contributed by atoms with van der Waals surface area (Å²) in [4.78, 5) is 11.5. The molecule has 0 radical (unpaired) electrons. The molecule has 2 aromatic carbocycles. The predicted octanol–water partition coefficient (Wildman–Crippen LogP) is 2.80. The van der Waals surface area contributed by atoms with Gasteiger partial charge in [-0.1, -0.05) is 42.5 Å². The smallest absolute Gasteiger partial charge is 0.214 e. The van der Waals surface area contributed by atoms with Crippen LogP contribution in [0.1, 0.15) is 22.8 Å². The number of nitrogens with zero attached hydrogens (tertiary/aromatic N) is 1. The molecular formula is C20H17NO4S. The lowest BCUT2D eigenvalue weighted by Crippen LogP contribution is -2.37. The number of pyridine rings is 1. The zero-order valence-corrected chi connectivity index (χ0v) is 14.9. The maximum absolute atomic E-state index is 11.8. The first-order valence-electron chi connectivity index (χ1n) is 8.00. The van der Waals surface area contributed by atoms with E-state index in [0.29, 0.717) is 17.8 Å². The molecule has 0 saturated heterocycles. The summed E-state index contributed by atoms with van der Waals surface area (Å²) in [7, 11) is -4.65. The summed E-state index contributed by atoms with van der Waals surface area (Å²) >= 11 is 0. The summed E-state index contributed by atoms with van der Waals surface area (Å²) < 4.78 is 36.9. The highest BCUT2D eigenvalue weighted by molar-refractivity contribution is 7.85. The highest BCUT2D eigenvalue weighted by Gasteiger charge is 2.21. The molecule has 1 heterocycles. The Morgan fingerprint density at radius 2 is 1.65 bits per heavy atom. The normalized spacial score (nSPS) is 11.3. The van der Waals surface area contributed by atoms with Crippen LogP contribution in [0.2, 0.25) is 0 Å². The zero-order valence-electron chi connectivity index (χ0n) is 14.1. The Balaban J connectivity index is 2.22. The molecule has 0 N–H and O–H groups in total. The fourth-order valence-corrected chi connectivity index (χ4v) is 3.48. The molecule has 0 atom stereocenters. The highest BCUT2D eigenvalue weighted by Crippen LogP contribution is 2.25.